The maximum Gasteiger partial charge on any atom is 0.277 e. The number of pyridine rings is 1. The van der Waals surface area contributed by atoms with Crippen molar-refractivity contribution in [3.05, 3.63) is 53.7 Å². The zero-order chi connectivity index (χ0) is 14.8. The second kappa shape index (κ2) is 5.56. The summed E-state index contributed by atoms with van der Waals surface area (Å²) in [6.45, 7) is 4.87. The Morgan fingerprint density at radius 3 is 2.90 bits per heavy atom. The molecule has 1 N–H and O–H groups in total. The van der Waals surface area contributed by atoms with Crippen molar-refractivity contribution in [2.45, 2.75) is 26.3 Å². The van der Waals surface area contributed by atoms with Crippen molar-refractivity contribution < 1.29 is 4.79 Å². The lowest BCUT2D eigenvalue weighted by Crippen LogP contribution is -2.36. The Morgan fingerprint density at radius 1 is 1.29 bits per heavy atom. The Kier molecular flexibility index (Phi) is 3.60. The van der Waals surface area contributed by atoms with E-state index in [9.17, 15) is 4.79 Å². The van der Waals surface area contributed by atoms with Crippen molar-refractivity contribution in [1.82, 2.24) is 4.98 Å². The number of hydrogen-bond donors (Lipinski definition) is 1. The second-order valence-corrected chi connectivity index (χ2v) is 5.30. The lowest BCUT2D eigenvalue weighted by Gasteiger charge is -2.22. The predicted octanol–water partition coefficient (Wildman–Crippen LogP) is 3.10. The average Bonchev–Trinajstić information content (AvgIpc) is 2.83. The molecular formula is C17H19N3O. The van der Waals surface area contributed by atoms with Crippen LogP contribution in [0.4, 0.5) is 11.5 Å². The molecule has 2 aromatic rings. The van der Waals surface area contributed by atoms with E-state index in [-0.39, 0.29) is 11.9 Å². The van der Waals surface area contributed by atoms with Crippen LogP contribution in [0.1, 0.15) is 29.9 Å². The highest BCUT2D eigenvalue weighted by atomic mass is 16.2. The third-order valence-corrected chi connectivity index (χ3v) is 3.75. The molecule has 0 saturated carbocycles. The van der Waals surface area contributed by atoms with Gasteiger partial charge >= 0.3 is 0 Å². The predicted molar refractivity (Wildman–Crippen MR) is 84.8 cm³/mol. The van der Waals surface area contributed by atoms with E-state index in [4.69, 9.17) is 0 Å². The van der Waals surface area contributed by atoms with Crippen molar-refractivity contribution in [2.75, 3.05) is 16.8 Å². The smallest absolute Gasteiger partial charge is 0.277 e. The SMILES string of the molecule is CCNc1cccc(C(=O)N2c3ccccc3CC2C)n1. The Morgan fingerprint density at radius 2 is 2.10 bits per heavy atom. The van der Waals surface area contributed by atoms with E-state index >= 15 is 0 Å². The number of anilines is 2. The van der Waals surface area contributed by atoms with Gasteiger partial charge in [-0.25, -0.2) is 4.98 Å². The lowest BCUT2D eigenvalue weighted by molar-refractivity contribution is 0.0977. The van der Waals surface area contributed by atoms with Gasteiger partial charge in [-0.1, -0.05) is 24.3 Å². The molecule has 0 bridgehead atoms. The number of amides is 1. The van der Waals surface area contributed by atoms with Gasteiger partial charge in [0.05, 0.1) is 0 Å². The van der Waals surface area contributed by atoms with E-state index in [1.165, 1.54) is 5.56 Å². The molecule has 4 nitrogen and oxygen atoms in total. The molecule has 1 unspecified atom stereocenters. The van der Waals surface area contributed by atoms with Gasteiger partial charge in [-0.3, -0.25) is 4.79 Å². The van der Waals surface area contributed by atoms with Crippen molar-refractivity contribution in [3.8, 4) is 0 Å². The number of nitrogens with one attached hydrogen (secondary N) is 1. The summed E-state index contributed by atoms with van der Waals surface area (Å²) in [4.78, 5) is 19.1. The number of rotatable bonds is 3. The Bertz CT molecular complexity index is 669. The molecule has 1 aromatic carbocycles. The Balaban J connectivity index is 1.93. The minimum atomic E-state index is -0.0350. The third-order valence-electron chi connectivity index (χ3n) is 3.75. The van der Waals surface area contributed by atoms with Crippen molar-refractivity contribution in [3.63, 3.8) is 0 Å². The number of carbonyl (C=O) groups is 1. The highest BCUT2D eigenvalue weighted by Gasteiger charge is 2.31. The maximum atomic E-state index is 12.8. The van der Waals surface area contributed by atoms with E-state index in [0.717, 1.165) is 24.5 Å². The molecule has 1 aromatic heterocycles. The van der Waals surface area contributed by atoms with Crippen LogP contribution in [-0.2, 0) is 6.42 Å². The van der Waals surface area contributed by atoms with E-state index in [0.29, 0.717) is 5.69 Å². The maximum absolute atomic E-state index is 12.8. The van der Waals surface area contributed by atoms with E-state index in [1.807, 2.05) is 42.2 Å². The standard InChI is InChI=1S/C17H19N3O/c1-3-18-16-10-6-8-14(19-16)17(21)20-12(2)11-13-7-4-5-9-15(13)20/h4-10,12H,3,11H2,1-2H3,(H,18,19). The third kappa shape index (κ3) is 2.49. The highest BCUT2D eigenvalue weighted by Crippen LogP contribution is 2.32. The van der Waals surface area contributed by atoms with Gasteiger partial charge in [-0.2, -0.15) is 0 Å². The number of aromatic nitrogens is 1. The Hall–Kier alpha value is -2.36. The molecule has 4 heteroatoms. The Labute approximate surface area is 124 Å². The molecule has 0 radical (unpaired) electrons. The summed E-state index contributed by atoms with van der Waals surface area (Å²) in [5.41, 5.74) is 2.71. The number of para-hydroxylation sites is 1. The van der Waals surface area contributed by atoms with Crippen LogP contribution >= 0.6 is 0 Å². The van der Waals surface area contributed by atoms with Gasteiger partial charge in [-0.05, 0) is 44.0 Å². The first-order chi connectivity index (χ1) is 10.2. The van der Waals surface area contributed by atoms with Crippen LogP contribution in [0.3, 0.4) is 0 Å². The molecular weight excluding hydrogens is 262 g/mol. The van der Waals surface area contributed by atoms with Crippen molar-refractivity contribution >= 4 is 17.4 Å². The summed E-state index contributed by atoms with van der Waals surface area (Å²) in [7, 11) is 0. The number of nitrogens with zero attached hydrogens (tertiary/aromatic N) is 2. The van der Waals surface area contributed by atoms with Crippen LogP contribution in [-0.4, -0.2) is 23.5 Å². The number of hydrogen-bond acceptors (Lipinski definition) is 3. The normalized spacial score (nSPS) is 16.7. The summed E-state index contributed by atoms with van der Waals surface area (Å²) in [6, 6.07) is 13.8. The molecule has 108 valence electrons. The largest absolute Gasteiger partial charge is 0.370 e. The fraction of sp³-hybridized carbons (Fsp3) is 0.294. The molecule has 1 aliphatic heterocycles. The van der Waals surface area contributed by atoms with Crippen LogP contribution in [0.2, 0.25) is 0 Å². The first-order valence-electron chi connectivity index (χ1n) is 7.33. The second-order valence-electron chi connectivity index (χ2n) is 5.30. The molecule has 21 heavy (non-hydrogen) atoms. The van der Waals surface area contributed by atoms with Gasteiger partial charge in [0.25, 0.3) is 5.91 Å². The molecule has 2 heterocycles. The molecule has 0 spiro atoms. The topological polar surface area (TPSA) is 45.2 Å². The molecule has 0 fully saturated rings. The zero-order valence-electron chi connectivity index (χ0n) is 12.3. The van der Waals surface area contributed by atoms with E-state index in [2.05, 4.69) is 23.3 Å². The van der Waals surface area contributed by atoms with Crippen LogP contribution in [0.15, 0.2) is 42.5 Å². The van der Waals surface area contributed by atoms with Crippen LogP contribution < -0.4 is 10.2 Å². The van der Waals surface area contributed by atoms with Crippen LogP contribution in [0.5, 0.6) is 0 Å². The molecule has 3 rings (SSSR count). The fourth-order valence-corrected chi connectivity index (χ4v) is 2.83. The number of benzene rings is 1. The molecule has 0 aliphatic carbocycles. The lowest BCUT2D eigenvalue weighted by atomic mass is 10.1. The molecule has 1 amide bonds. The highest BCUT2D eigenvalue weighted by molar-refractivity contribution is 6.06. The molecule has 1 atom stereocenters. The van der Waals surface area contributed by atoms with Gasteiger partial charge in [-0.15, -0.1) is 0 Å². The van der Waals surface area contributed by atoms with Gasteiger partial charge < -0.3 is 10.2 Å². The summed E-state index contributed by atoms with van der Waals surface area (Å²) >= 11 is 0. The van der Waals surface area contributed by atoms with Gasteiger partial charge in [0.15, 0.2) is 0 Å². The average molecular weight is 281 g/mol. The zero-order valence-corrected chi connectivity index (χ0v) is 12.3. The molecule has 1 aliphatic rings. The van der Waals surface area contributed by atoms with Crippen molar-refractivity contribution in [1.29, 1.82) is 0 Å². The summed E-state index contributed by atoms with van der Waals surface area (Å²) in [5, 5.41) is 3.14. The summed E-state index contributed by atoms with van der Waals surface area (Å²) < 4.78 is 0. The van der Waals surface area contributed by atoms with Crippen LogP contribution in [0, 0.1) is 0 Å². The first-order valence-corrected chi connectivity index (χ1v) is 7.33. The van der Waals surface area contributed by atoms with E-state index < -0.39 is 0 Å². The van der Waals surface area contributed by atoms with Gasteiger partial charge in [0.1, 0.15) is 11.5 Å². The minimum absolute atomic E-state index is 0.0350. The molecule has 0 saturated heterocycles. The van der Waals surface area contributed by atoms with Gasteiger partial charge in [0, 0.05) is 18.3 Å². The summed E-state index contributed by atoms with van der Waals surface area (Å²) in [6.07, 6.45) is 0.898. The van der Waals surface area contributed by atoms with Gasteiger partial charge in [0.2, 0.25) is 0 Å². The monoisotopic (exact) mass is 281 g/mol. The first kappa shape index (κ1) is 13.6. The minimum Gasteiger partial charge on any atom is -0.370 e. The number of fused-ring (bicyclic) bond motifs is 1. The number of carbonyl (C=O) groups excluding carboxylic acids is 1. The van der Waals surface area contributed by atoms with E-state index in [1.54, 1.807) is 6.07 Å². The fourth-order valence-electron chi connectivity index (χ4n) is 2.83. The van der Waals surface area contributed by atoms with Crippen LogP contribution in [0.25, 0.3) is 0 Å². The van der Waals surface area contributed by atoms with Crippen molar-refractivity contribution in [2.24, 2.45) is 0 Å². The quantitative estimate of drug-likeness (QED) is 0.940. The summed E-state index contributed by atoms with van der Waals surface area (Å²) in [5.74, 6) is 0.704.